The van der Waals surface area contributed by atoms with E-state index in [0.29, 0.717) is 34.4 Å². The maximum atomic E-state index is 13.7. The van der Waals surface area contributed by atoms with E-state index in [0.717, 1.165) is 11.1 Å². The van der Waals surface area contributed by atoms with Gasteiger partial charge in [0.15, 0.2) is 21.5 Å². The van der Waals surface area contributed by atoms with Crippen LogP contribution in [0.25, 0.3) is 17.1 Å². The summed E-state index contributed by atoms with van der Waals surface area (Å²) in [4.78, 5) is 12.9. The van der Waals surface area contributed by atoms with Crippen molar-refractivity contribution in [3.8, 4) is 28.6 Å². The first-order valence-electron chi connectivity index (χ1n) is 11.7. The first-order valence-corrected chi connectivity index (χ1v) is 13.5. The van der Waals surface area contributed by atoms with Crippen molar-refractivity contribution in [2.24, 2.45) is 0 Å². The number of ether oxygens (including phenoxy) is 2. The fourth-order valence-electron chi connectivity index (χ4n) is 4.03. The average molecular weight is 523 g/mol. The van der Waals surface area contributed by atoms with Crippen LogP contribution in [-0.4, -0.2) is 57.6 Å². The van der Waals surface area contributed by atoms with E-state index in [9.17, 15) is 8.42 Å². The summed E-state index contributed by atoms with van der Waals surface area (Å²) in [5, 5.41) is 7.93. The molecule has 0 bridgehead atoms. The van der Waals surface area contributed by atoms with Gasteiger partial charge in [-0.3, -0.25) is 9.55 Å². The molecule has 0 fully saturated rings. The maximum absolute atomic E-state index is 13.7. The summed E-state index contributed by atoms with van der Waals surface area (Å²) >= 11 is 0. The third-order valence-corrected chi connectivity index (χ3v) is 8.50. The smallest absolute Gasteiger partial charge is 0.170 e. The molecule has 4 aromatic rings. The lowest BCUT2D eigenvalue weighted by molar-refractivity contribution is 0.390. The predicted molar refractivity (Wildman–Crippen MR) is 140 cm³/mol. The highest BCUT2D eigenvalue weighted by Gasteiger charge is 2.33. The number of pyridine rings is 1. The summed E-state index contributed by atoms with van der Waals surface area (Å²) in [5.41, 5.74) is 3.01. The molecule has 3 heterocycles. The van der Waals surface area contributed by atoms with E-state index < -0.39 is 21.0 Å². The zero-order chi connectivity index (χ0) is 26.7. The molecule has 0 saturated carbocycles. The zero-order valence-electron chi connectivity index (χ0n) is 21.7. The molecular formula is C26H30N6O4S. The monoisotopic (exact) mass is 522 g/mol. The van der Waals surface area contributed by atoms with E-state index in [1.165, 1.54) is 14.2 Å². The van der Waals surface area contributed by atoms with Crippen LogP contribution in [0, 0.1) is 13.8 Å². The van der Waals surface area contributed by atoms with Gasteiger partial charge in [-0.25, -0.2) is 18.4 Å². The number of aromatic nitrogens is 6. The molecular weight excluding hydrogens is 492 g/mol. The van der Waals surface area contributed by atoms with Gasteiger partial charge in [0.25, 0.3) is 0 Å². The van der Waals surface area contributed by atoms with Crippen molar-refractivity contribution in [3.05, 3.63) is 71.8 Å². The second kappa shape index (κ2) is 10.6. The number of aryl methyl sites for hydroxylation is 2. The first-order chi connectivity index (χ1) is 17.7. The van der Waals surface area contributed by atoms with Crippen LogP contribution in [0.2, 0.25) is 0 Å². The number of benzene rings is 1. The molecule has 0 unspecified atom stereocenters. The van der Waals surface area contributed by atoms with Crippen molar-refractivity contribution in [3.63, 3.8) is 0 Å². The van der Waals surface area contributed by atoms with Gasteiger partial charge in [-0.15, -0.1) is 10.2 Å². The number of sulfone groups is 1. The summed E-state index contributed by atoms with van der Waals surface area (Å²) in [6.45, 7) is 7.28. The first kappa shape index (κ1) is 26.2. The Labute approximate surface area is 216 Å². The minimum atomic E-state index is -3.72. The van der Waals surface area contributed by atoms with Crippen molar-refractivity contribution in [1.82, 2.24) is 29.7 Å². The largest absolute Gasteiger partial charge is 0.494 e. The number of methoxy groups -OCH3 is 2. The maximum Gasteiger partial charge on any atom is 0.170 e. The molecule has 37 heavy (non-hydrogen) atoms. The van der Waals surface area contributed by atoms with Crippen LogP contribution in [0.15, 0.2) is 49.1 Å². The molecule has 2 atom stereocenters. The molecule has 194 valence electrons. The number of para-hydroxylation sites is 1. The minimum absolute atomic E-state index is 0.225. The Morgan fingerprint density at radius 1 is 0.919 bits per heavy atom. The van der Waals surface area contributed by atoms with Crippen molar-refractivity contribution in [2.75, 3.05) is 14.2 Å². The van der Waals surface area contributed by atoms with Crippen molar-refractivity contribution < 1.29 is 17.9 Å². The third kappa shape index (κ3) is 5.31. The fourth-order valence-corrected chi connectivity index (χ4v) is 5.58. The van der Waals surface area contributed by atoms with E-state index in [1.54, 1.807) is 54.5 Å². The Morgan fingerprint density at radius 3 is 2.16 bits per heavy atom. The Morgan fingerprint density at radius 2 is 1.57 bits per heavy atom. The van der Waals surface area contributed by atoms with E-state index in [2.05, 4.69) is 25.1 Å². The van der Waals surface area contributed by atoms with Gasteiger partial charge in [0, 0.05) is 36.3 Å². The normalized spacial score (nSPS) is 13.2. The van der Waals surface area contributed by atoms with Gasteiger partial charge in [0.2, 0.25) is 0 Å². The average Bonchev–Trinajstić information content (AvgIpc) is 3.29. The number of hydrogen-bond acceptors (Lipinski definition) is 9. The quantitative estimate of drug-likeness (QED) is 0.322. The molecule has 1 aromatic carbocycles. The van der Waals surface area contributed by atoms with E-state index in [4.69, 9.17) is 9.47 Å². The van der Waals surface area contributed by atoms with E-state index >= 15 is 0 Å². The standard InChI is InChI=1S/C26H30N6O4S/c1-16-10-20(14-27-11-16)26-31-30-23(32(26)24-21(35-5)8-7-9-22(24)36-6)15-37(33,34)19(4)18(3)25-28-12-17(2)13-29-25/h7-14,18-19H,15H2,1-6H3/t18-,19+/m0/s1. The fraction of sp³-hybridized carbons (Fsp3) is 0.346. The van der Waals surface area contributed by atoms with Crippen molar-refractivity contribution >= 4 is 9.84 Å². The molecule has 3 aromatic heterocycles. The van der Waals surface area contributed by atoms with E-state index in [-0.39, 0.29) is 11.6 Å². The molecule has 0 radical (unpaired) electrons. The van der Waals surface area contributed by atoms with Crippen LogP contribution in [-0.2, 0) is 15.6 Å². The van der Waals surface area contributed by atoms with Crippen LogP contribution < -0.4 is 9.47 Å². The summed E-state index contributed by atoms with van der Waals surface area (Å²) in [5.74, 6) is 1.29. The van der Waals surface area contributed by atoms with Gasteiger partial charge in [-0.1, -0.05) is 13.0 Å². The third-order valence-electron chi connectivity index (χ3n) is 6.30. The molecule has 0 aliphatic heterocycles. The Balaban J connectivity index is 1.83. The molecule has 10 nitrogen and oxygen atoms in total. The molecule has 0 aliphatic carbocycles. The second-order valence-corrected chi connectivity index (χ2v) is 11.3. The zero-order valence-corrected chi connectivity index (χ0v) is 22.5. The van der Waals surface area contributed by atoms with Crippen LogP contribution in [0.3, 0.4) is 0 Å². The van der Waals surface area contributed by atoms with Crippen LogP contribution in [0.4, 0.5) is 0 Å². The number of nitrogens with zero attached hydrogens (tertiary/aromatic N) is 6. The summed E-state index contributed by atoms with van der Waals surface area (Å²) in [7, 11) is -0.638. The van der Waals surface area contributed by atoms with Crippen LogP contribution >= 0.6 is 0 Å². The SMILES string of the molecule is COc1cccc(OC)c1-n1c(CS(=O)(=O)[C@H](C)[C@H](C)c2ncc(C)cn2)nnc1-c1cncc(C)c1. The van der Waals surface area contributed by atoms with Gasteiger partial charge in [-0.05, 0) is 50.1 Å². The lowest BCUT2D eigenvalue weighted by Gasteiger charge is -2.20. The Bertz CT molecular complexity index is 1480. The molecule has 4 rings (SSSR count). The van der Waals surface area contributed by atoms with Gasteiger partial charge < -0.3 is 9.47 Å². The van der Waals surface area contributed by atoms with E-state index in [1.807, 2.05) is 26.8 Å². The Kier molecular flexibility index (Phi) is 7.53. The Hall–Kier alpha value is -3.86. The van der Waals surface area contributed by atoms with Crippen molar-refractivity contribution in [2.45, 2.75) is 44.6 Å². The molecule has 0 spiro atoms. The summed E-state index contributed by atoms with van der Waals surface area (Å²) < 4.78 is 40.3. The highest BCUT2D eigenvalue weighted by atomic mass is 32.2. The minimum Gasteiger partial charge on any atom is -0.494 e. The molecule has 0 N–H and O–H groups in total. The topological polar surface area (TPSA) is 122 Å². The lowest BCUT2D eigenvalue weighted by Crippen LogP contribution is -2.27. The number of hydrogen-bond donors (Lipinski definition) is 0. The molecule has 11 heteroatoms. The molecule has 0 amide bonds. The van der Waals surface area contributed by atoms with Gasteiger partial charge >= 0.3 is 0 Å². The van der Waals surface area contributed by atoms with Gasteiger partial charge in [0.1, 0.15) is 28.8 Å². The predicted octanol–water partition coefficient (Wildman–Crippen LogP) is 3.86. The van der Waals surface area contributed by atoms with Crippen LogP contribution in [0.5, 0.6) is 11.5 Å². The van der Waals surface area contributed by atoms with Crippen molar-refractivity contribution in [1.29, 1.82) is 0 Å². The number of rotatable bonds is 9. The van der Waals surface area contributed by atoms with Gasteiger partial charge in [-0.2, -0.15) is 0 Å². The molecule has 0 saturated heterocycles. The second-order valence-electron chi connectivity index (χ2n) is 8.96. The lowest BCUT2D eigenvalue weighted by atomic mass is 10.1. The summed E-state index contributed by atoms with van der Waals surface area (Å²) in [6, 6.07) is 7.25. The highest BCUT2D eigenvalue weighted by molar-refractivity contribution is 7.91. The highest BCUT2D eigenvalue weighted by Crippen LogP contribution is 2.37. The molecule has 0 aliphatic rings. The van der Waals surface area contributed by atoms with Crippen LogP contribution in [0.1, 0.15) is 42.5 Å². The van der Waals surface area contributed by atoms with Gasteiger partial charge in [0.05, 0.1) is 19.5 Å². The summed E-state index contributed by atoms with van der Waals surface area (Å²) in [6.07, 6.45) is 6.76.